The van der Waals surface area contributed by atoms with Gasteiger partial charge in [0.05, 0.1) is 5.52 Å². The van der Waals surface area contributed by atoms with E-state index in [0.717, 1.165) is 42.5 Å². The second kappa shape index (κ2) is 7.01. The molecule has 3 aromatic rings. The van der Waals surface area contributed by atoms with Crippen molar-refractivity contribution < 1.29 is 9.13 Å². The molecule has 0 N–H and O–H groups in total. The number of nitrogens with zero attached hydrogens (tertiary/aromatic N) is 3. The summed E-state index contributed by atoms with van der Waals surface area (Å²) in [4.78, 5) is 6.67. The van der Waals surface area contributed by atoms with Gasteiger partial charge in [-0.2, -0.15) is 5.26 Å². The van der Waals surface area contributed by atoms with E-state index in [1.165, 1.54) is 12.1 Å². The predicted octanol–water partition coefficient (Wildman–Crippen LogP) is 4.29. The van der Waals surface area contributed by atoms with E-state index in [9.17, 15) is 9.65 Å². The molecule has 0 amide bonds. The predicted molar refractivity (Wildman–Crippen MR) is 98.7 cm³/mol. The van der Waals surface area contributed by atoms with Gasteiger partial charge in [-0.25, -0.2) is 9.37 Å². The summed E-state index contributed by atoms with van der Waals surface area (Å²) in [5.74, 6) is 0.441. The van der Waals surface area contributed by atoms with Gasteiger partial charge in [0.2, 0.25) is 0 Å². The summed E-state index contributed by atoms with van der Waals surface area (Å²) in [6.45, 7) is 1.68. The smallest absolute Gasteiger partial charge is 0.143 e. The SMILES string of the molecule is N#Cc1cc(N2CCC(Oc3ccc(F)cc3)CC2)c2ccccc2n1. The number of benzene rings is 2. The van der Waals surface area contributed by atoms with Crippen molar-refractivity contribution in [3.8, 4) is 11.8 Å². The summed E-state index contributed by atoms with van der Waals surface area (Å²) in [5.41, 5.74) is 2.32. The Balaban J connectivity index is 1.50. The molecule has 4 nitrogen and oxygen atoms in total. The Morgan fingerprint density at radius 3 is 2.54 bits per heavy atom. The second-order valence-corrected chi connectivity index (χ2v) is 6.41. The normalized spacial score (nSPS) is 15.0. The van der Waals surface area contributed by atoms with Crippen LogP contribution in [0.1, 0.15) is 18.5 Å². The first-order valence-corrected chi connectivity index (χ1v) is 8.70. The molecule has 1 aliphatic rings. The van der Waals surface area contributed by atoms with Crippen LogP contribution in [0.2, 0.25) is 0 Å². The number of hydrogen-bond acceptors (Lipinski definition) is 4. The van der Waals surface area contributed by atoms with Crippen molar-refractivity contribution in [3.05, 3.63) is 66.1 Å². The molecule has 1 aromatic heterocycles. The number of hydrogen-bond donors (Lipinski definition) is 0. The van der Waals surface area contributed by atoms with Gasteiger partial charge in [0, 0.05) is 37.0 Å². The van der Waals surface area contributed by atoms with Gasteiger partial charge < -0.3 is 9.64 Å². The Kier molecular flexibility index (Phi) is 4.40. The van der Waals surface area contributed by atoms with Gasteiger partial charge in [0.25, 0.3) is 0 Å². The third-order valence-corrected chi connectivity index (χ3v) is 4.71. The first-order valence-electron chi connectivity index (χ1n) is 8.70. The molecule has 130 valence electrons. The third-order valence-electron chi connectivity index (χ3n) is 4.71. The molecule has 0 unspecified atom stereocenters. The van der Waals surface area contributed by atoms with Crippen molar-refractivity contribution in [2.45, 2.75) is 18.9 Å². The highest BCUT2D eigenvalue weighted by molar-refractivity contribution is 5.92. The molecule has 2 heterocycles. The highest BCUT2D eigenvalue weighted by Gasteiger charge is 2.22. The maximum absolute atomic E-state index is 13.0. The van der Waals surface area contributed by atoms with E-state index < -0.39 is 0 Å². The molecule has 4 rings (SSSR count). The average Bonchev–Trinajstić information content (AvgIpc) is 2.69. The molecular weight excluding hydrogens is 329 g/mol. The van der Waals surface area contributed by atoms with Gasteiger partial charge in [0.1, 0.15) is 29.4 Å². The number of ether oxygens (including phenoxy) is 1. The largest absolute Gasteiger partial charge is 0.490 e. The molecule has 0 bridgehead atoms. The molecule has 0 atom stereocenters. The number of para-hydroxylation sites is 1. The molecule has 1 saturated heterocycles. The van der Waals surface area contributed by atoms with Crippen molar-refractivity contribution in [1.82, 2.24) is 4.98 Å². The number of piperidine rings is 1. The fraction of sp³-hybridized carbons (Fsp3) is 0.238. The molecule has 5 heteroatoms. The second-order valence-electron chi connectivity index (χ2n) is 6.41. The maximum atomic E-state index is 13.0. The zero-order chi connectivity index (χ0) is 17.9. The van der Waals surface area contributed by atoms with Crippen molar-refractivity contribution >= 4 is 16.6 Å². The molecule has 1 aliphatic heterocycles. The molecule has 0 spiro atoms. The first-order chi connectivity index (χ1) is 12.7. The minimum atomic E-state index is -0.259. The lowest BCUT2D eigenvalue weighted by atomic mass is 10.0. The lowest BCUT2D eigenvalue weighted by Crippen LogP contribution is -2.38. The number of pyridine rings is 1. The summed E-state index contributed by atoms with van der Waals surface area (Å²) in [6, 6.07) is 18.1. The van der Waals surface area contributed by atoms with E-state index >= 15 is 0 Å². The van der Waals surface area contributed by atoms with Gasteiger partial charge in [-0.1, -0.05) is 18.2 Å². The highest BCUT2D eigenvalue weighted by Crippen LogP contribution is 2.30. The maximum Gasteiger partial charge on any atom is 0.143 e. The number of nitriles is 1. The topological polar surface area (TPSA) is 49.2 Å². The lowest BCUT2D eigenvalue weighted by molar-refractivity contribution is 0.171. The molecule has 0 aliphatic carbocycles. The third kappa shape index (κ3) is 3.31. The van der Waals surface area contributed by atoms with Crippen molar-refractivity contribution in [2.24, 2.45) is 0 Å². The van der Waals surface area contributed by atoms with E-state index in [-0.39, 0.29) is 11.9 Å². The average molecular weight is 347 g/mol. The van der Waals surface area contributed by atoms with Crippen molar-refractivity contribution in [2.75, 3.05) is 18.0 Å². The van der Waals surface area contributed by atoms with Gasteiger partial charge in [-0.3, -0.25) is 0 Å². The van der Waals surface area contributed by atoms with Crippen LogP contribution in [0.15, 0.2) is 54.6 Å². The van der Waals surface area contributed by atoms with E-state index in [0.29, 0.717) is 11.4 Å². The van der Waals surface area contributed by atoms with Crippen LogP contribution >= 0.6 is 0 Å². The van der Waals surface area contributed by atoms with E-state index in [4.69, 9.17) is 4.74 Å². The minimum absolute atomic E-state index is 0.111. The van der Waals surface area contributed by atoms with Crippen molar-refractivity contribution in [3.63, 3.8) is 0 Å². The first kappa shape index (κ1) is 16.3. The Labute approximate surface area is 151 Å². The fourth-order valence-corrected chi connectivity index (χ4v) is 3.40. The van der Waals surface area contributed by atoms with Crippen LogP contribution in [-0.4, -0.2) is 24.2 Å². The highest BCUT2D eigenvalue weighted by atomic mass is 19.1. The Morgan fingerprint density at radius 2 is 1.81 bits per heavy atom. The molecular formula is C21H18FN3O. The molecule has 0 saturated carbocycles. The quantitative estimate of drug-likeness (QED) is 0.709. The fourth-order valence-electron chi connectivity index (χ4n) is 3.40. The lowest BCUT2D eigenvalue weighted by Gasteiger charge is -2.34. The number of halogens is 1. The van der Waals surface area contributed by atoms with Crippen LogP contribution in [0.25, 0.3) is 10.9 Å². The number of rotatable bonds is 3. The van der Waals surface area contributed by atoms with Gasteiger partial charge in [-0.05, 0) is 36.4 Å². The van der Waals surface area contributed by atoms with Crippen LogP contribution in [0.4, 0.5) is 10.1 Å². The Morgan fingerprint density at radius 1 is 1.08 bits per heavy atom. The minimum Gasteiger partial charge on any atom is -0.490 e. The Hall–Kier alpha value is -3.13. The van der Waals surface area contributed by atoms with E-state index in [1.807, 2.05) is 30.3 Å². The van der Waals surface area contributed by atoms with Gasteiger partial charge in [0.15, 0.2) is 0 Å². The van der Waals surface area contributed by atoms with Crippen LogP contribution < -0.4 is 9.64 Å². The van der Waals surface area contributed by atoms with Crippen LogP contribution in [0, 0.1) is 17.1 Å². The molecule has 0 radical (unpaired) electrons. The number of fused-ring (bicyclic) bond motifs is 1. The van der Waals surface area contributed by atoms with E-state index in [1.54, 1.807) is 12.1 Å². The number of aromatic nitrogens is 1. The monoisotopic (exact) mass is 347 g/mol. The standard InChI is InChI=1S/C21H18FN3O/c22-15-5-7-17(8-6-15)26-18-9-11-25(12-10-18)21-13-16(14-23)24-20-4-2-1-3-19(20)21/h1-8,13,18H,9-12H2. The van der Waals surface area contributed by atoms with E-state index in [2.05, 4.69) is 16.0 Å². The van der Waals surface area contributed by atoms with Crippen LogP contribution in [0.3, 0.4) is 0 Å². The molecule has 1 fully saturated rings. The number of anilines is 1. The van der Waals surface area contributed by atoms with Crippen LogP contribution in [0.5, 0.6) is 5.75 Å². The van der Waals surface area contributed by atoms with Crippen LogP contribution in [-0.2, 0) is 0 Å². The molecule has 2 aromatic carbocycles. The van der Waals surface area contributed by atoms with Gasteiger partial charge >= 0.3 is 0 Å². The summed E-state index contributed by atoms with van der Waals surface area (Å²) >= 11 is 0. The summed E-state index contributed by atoms with van der Waals surface area (Å²) in [7, 11) is 0. The summed E-state index contributed by atoms with van der Waals surface area (Å²) < 4.78 is 19.0. The summed E-state index contributed by atoms with van der Waals surface area (Å²) in [5, 5.41) is 10.3. The zero-order valence-corrected chi connectivity index (χ0v) is 14.2. The molecule has 26 heavy (non-hydrogen) atoms. The summed E-state index contributed by atoms with van der Waals surface area (Å²) in [6.07, 6.45) is 1.85. The van der Waals surface area contributed by atoms with Crippen molar-refractivity contribution in [1.29, 1.82) is 5.26 Å². The van der Waals surface area contributed by atoms with Gasteiger partial charge in [-0.15, -0.1) is 0 Å². The Bertz CT molecular complexity index is 957. The zero-order valence-electron chi connectivity index (χ0n) is 14.2.